The molecule has 80 valence electrons. The molecular weight excluding hydrogens is 174 g/mol. The van der Waals surface area contributed by atoms with E-state index in [2.05, 4.69) is 5.32 Å². The Morgan fingerprint density at radius 2 is 1.69 bits per heavy atom. The zero-order valence-electron chi connectivity index (χ0n) is 8.01. The molecule has 0 spiro atoms. The van der Waals surface area contributed by atoms with Gasteiger partial charge in [0.05, 0.1) is 24.9 Å². The van der Waals surface area contributed by atoms with Crippen LogP contribution in [0.4, 0.5) is 0 Å². The van der Waals surface area contributed by atoms with E-state index in [1.54, 1.807) is 0 Å². The Labute approximate surface area is 78.0 Å². The third kappa shape index (κ3) is 4.02. The number of nitrogens with one attached hydrogen (secondary N) is 1. The van der Waals surface area contributed by atoms with Crippen molar-refractivity contribution in [2.45, 2.75) is 38.2 Å². The number of hydrogen-bond acceptors (Lipinski definition) is 5. The summed E-state index contributed by atoms with van der Waals surface area (Å²) in [5.74, 6) is 0. The van der Waals surface area contributed by atoms with Gasteiger partial charge in [0.15, 0.2) is 0 Å². The molecule has 0 fully saturated rings. The molecule has 13 heavy (non-hydrogen) atoms. The molecule has 0 aromatic heterocycles. The minimum absolute atomic E-state index is 0.279. The van der Waals surface area contributed by atoms with Gasteiger partial charge < -0.3 is 25.7 Å². The molecule has 0 heterocycles. The molecule has 0 saturated carbocycles. The van der Waals surface area contributed by atoms with Crippen molar-refractivity contribution < 1.29 is 20.4 Å². The van der Waals surface area contributed by atoms with Crippen LogP contribution in [-0.2, 0) is 0 Å². The van der Waals surface area contributed by atoms with Crippen molar-refractivity contribution in [3.63, 3.8) is 0 Å². The molecule has 0 aromatic rings. The zero-order chi connectivity index (χ0) is 10.4. The Hall–Kier alpha value is -0.200. The zero-order valence-corrected chi connectivity index (χ0v) is 8.01. The summed E-state index contributed by atoms with van der Waals surface area (Å²) in [6.07, 6.45) is -3.41. The van der Waals surface area contributed by atoms with Crippen molar-refractivity contribution in [1.82, 2.24) is 5.32 Å². The van der Waals surface area contributed by atoms with E-state index in [0.29, 0.717) is 6.54 Å². The largest absolute Gasteiger partial charge is 0.395 e. The minimum atomic E-state index is -1.24. The number of aliphatic hydroxyl groups excluding tert-OH is 4. The fourth-order valence-electron chi connectivity index (χ4n) is 1.08. The summed E-state index contributed by atoms with van der Waals surface area (Å²) in [7, 11) is 0. The number of rotatable bonds is 6. The third-order valence-electron chi connectivity index (χ3n) is 1.92. The van der Waals surface area contributed by atoms with Gasteiger partial charge in [-0.05, 0) is 13.5 Å². The summed E-state index contributed by atoms with van der Waals surface area (Å²) >= 11 is 0. The van der Waals surface area contributed by atoms with Gasteiger partial charge in [0.1, 0.15) is 6.10 Å². The molecule has 3 unspecified atom stereocenters. The maximum absolute atomic E-state index is 9.45. The third-order valence-corrected chi connectivity index (χ3v) is 1.92. The maximum atomic E-state index is 9.45. The van der Waals surface area contributed by atoms with Gasteiger partial charge in [0, 0.05) is 0 Å². The van der Waals surface area contributed by atoms with Crippen LogP contribution in [0.15, 0.2) is 0 Å². The first-order valence-electron chi connectivity index (χ1n) is 4.43. The lowest BCUT2D eigenvalue weighted by Crippen LogP contribution is -2.51. The van der Waals surface area contributed by atoms with Crippen LogP contribution in [0.5, 0.6) is 0 Å². The first kappa shape index (κ1) is 12.8. The summed E-state index contributed by atoms with van der Waals surface area (Å²) in [6, 6.07) is -0.602. The smallest absolute Gasteiger partial charge is 0.107 e. The van der Waals surface area contributed by atoms with Crippen molar-refractivity contribution in [3.05, 3.63) is 0 Å². The van der Waals surface area contributed by atoms with E-state index in [9.17, 15) is 10.2 Å². The van der Waals surface area contributed by atoms with E-state index in [-0.39, 0.29) is 6.61 Å². The molecule has 0 aromatic carbocycles. The lowest BCUT2D eigenvalue weighted by Gasteiger charge is -2.27. The van der Waals surface area contributed by atoms with Crippen LogP contribution < -0.4 is 5.32 Å². The Morgan fingerprint density at radius 1 is 1.15 bits per heavy atom. The average Bonchev–Trinajstić information content (AvgIpc) is 2.11. The molecule has 4 atom stereocenters. The van der Waals surface area contributed by atoms with Crippen LogP contribution in [0.25, 0.3) is 0 Å². The van der Waals surface area contributed by atoms with Crippen molar-refractivity contribution >= 4 is 0 Å². The number of likely N-dealkylation sites (N-methyl/N-ethyl adjacent to an activating group) is 1. The first-order chi connectivity index (χ1) is 6.04. The normalized spacial score (nSPS) is 20.8. The number of aliphatic hydroxyl groups is 4. The van der Waals surface area contributed by atoms with Crippen LogP contribution in [0, 0.1) is 0 Å². The highest BCUT2D eigenvalue weighted by atomic mass is 16.4. The van der Waals surface area contributed by atoms with Crippen LogP contribution in [-0.4, -0.2) is 57.9 Å². The summed E-state index contributed by atoms with van der Waals surface area (Å²) < 4.78 is 0. The lowest BCUT2D eigenvalue weighted by atomic mass is 10.0. The van der Waals surface area contributed by atoms with E-state index >= 15 is 0 Å². The van der Waals surface area contributed by atoms with Crippen LogP contribution in [0.2, 0.25) is 0 Å². The molecular formula is C8H19NO4. The highest BCUT2D eigenvalue weighted by Crippen LogP contribution is 2.04. The Morgan fingerprint density at radius 3 is 2.00 bits per heavy atom. The van der Waals surface area contributed by atoms with Gasteiger partial charge in [-0.3, -0.25) is 0 Å². The fourth-order valence-corrected chi connectivity index (χ4v) is 1.08. The van der Waals surface area contributed by atoms with E-state index < -0.39 is 24.4 Å². The molecule has 0 radical (unpaired) electrons. The second kappa shape index (κ2) is 6.28. The van der Waals surface area contributed by atoms with Gasteiger partial charge in [-0.25, -0.2) is 0 Å². The van der Waals surface area contributed by atoms with E-state index in [1.807, 2.05) is 6.92 Å². The average molecular weight is 193 g/mol. The molecule has 0 rings (SSSR count). The molecule has 0 aliphatic heterocycles. The van der Waals surface area contributed by atoms with Gasteiger partial charge in [0.2, 0.25) is 0 Å². The minimum Gasteiger partial charge on any atom is -0.395 e. The van der Waals surface area contributed by atoms with E-state index in [1.165, 1.54) is 6.92 Å². The summed E-state index contributed by atoms with van der Waals surface area (Å²) in [6.45, 7) is 3.51. The van der Waals surface area contributed by atoms with Gasteiger partial charge >= 0.3 is 0 Å². The van der Waals surface area contributed by atoms with Crippen molar-refractivity contribution in [3.8, 4) is 0 Å². The van der Waals surface area contributed by atoms with Crippen molar-refractivity contribution in [2.75, 3.05) is 13.2 Å². The molecule has 5 heteroatoms. The molecule has 5 nitrogen and oxygen atoms in total. The topological polar surface area (TPSA) is 93.0 Å². The predicted molar refractivity (Wildman–Crippen MR) is 48.2 cm³/mol. The van der Waals surface area contributed by atoms with Gasteiger partial charge in [-0.2, -0.15) is 0 Å². The standard InChI is InChI=1S/C8H19NO4/c1-3-9-6(4-10)8(13)7(12)5(2)11/h5-13H,3-4H2,1-2H3/t5?,6-,7?,8?/m1/s1. The van der Waals surface area contributed by atoms with Crippen molar-refractivity contribution in [2.24, 2.45) is 0 Å². The Balaban J connectivity index is 4.10. The molecule has 0 bridgehead atoms. The molecule has 0 aliphatic rings. The van der Waals surface area contributed by atoms with Crippen LogP contribution in [0.1, 0.15) is 13.8 Å². The van der Waals surface area contributed by atoms with E-state index in [4.69, 9.17) is 10.2 Å². The van der Waals surface area contributed by atoms with Crippen LogP contribution in [0.3, 0.4) is 0 Å². The Kier molecular flexibility index (Phi) is 6.19. The summed E-state index contributed by atoms with van der Waals surface area (Å²) in [5.41, 5.74) is 0. The first-order valence-corrected chi connectivity index (χ1v) is 4.43. The molecule has 0 saturated heterocycles. The monoisotopic (exact) mass is 193 g/mol. The van der Waals surface area contributed by atoms with Gasteiger partial charge in [-0.1, -0.05) is 6.92 Å². The second-order valence-corrected chi connectivity index (χ2v) is 3.07. The van der Waals surface area contributed by atoms with Gasteiger partial charge in [0.25, 0.3) is 0 Å². The maximum Gasteiger partial charge on any atom is 0.107 e. The highest BCUT2D eigenvalue weighted by Gasteiger charge is 2.28. The molecule has 0 amide bonds. The molecule has 0 aliphatic carbocycles. The van der Waals surface area contributed by atoms with Gasteiger partial charge in [-0.15, -0.1) is 0 Å². The predicted octanol–water partition coefficient (Wildman–Crippen LogP) is -1.94. The Bertz CT molecular complexity index is 131. The van der Waals surface area contributed by atoms with Crippen molar-refractivity contribution in [1.29, 1.82) is 0 Å². The second-order valence-electron chi connectivity index (χ2n) is 3.07. The van der Waals surface area contributed by atoms with Crippen LogP contribution >= 0.6 is 0 Å². The summed E-state index contributed by atoms with van der Waals surface area (Å²) in [5, 5.41) is 39.3. The lowest BCUT2D eigenvalue weighted by molar-refractivity contribution is -0.0714. The quantitative estimate of drug-likeness (QED) is 0.338. The number of hydrogen-bond donors (Lipinski definition) is 5. The SMILES string of the molecule is CCN[C@H](CO)C(O)C(O)C(C)O. The molecule has 5 N–H and O–H groups in total. The van der Waals surface area contributed by atoms with E-state index in [0.717, 1.165) is 0 Å². The fraction of sp³-hybridized carbons (Fsp3) is 1.00. The highest BCUT2D eigenvalue weighted by molar-refractivity contribution is 4.83. The summed E-state index contributed by atoms with van der Waals surface area (Å²) in [4.78, 5) is 0.